The maximum absolute atomic E-state index is 12.7. The van der Waals surface area contributed by atoms with Crippen LogP contribution in [-0.2, 0) is 23.2 Å². The van der Waals surface area contributed by atoms with Gasteiger partial charge in [-0.15, -0.1) is 0 Å². The Kier molecular flexibility index (Phi) is 4.65. The van der Waals surface area contributed by atoms with Gasteiger partial charge in [0.15, 0.2) is 0 Å². The van der Waals surface area contributed by atoms with Gasteiger partial charge in [-0.3, -0.25) is 14.3 Å². The van der Waals surface area contributed by atoms with E-state index < -0.39 is 6.04 Å². The van der Waals surface area contributed by atoms with Gasteiger partial charge in [0, 0.05) is 25.4 Å². The van der Waals surface area contributed by atoms with Crippen LogP contribution in [0.25, 0.3) is 0 Å². The largest absolute Gasteiger partial charge is 0.342 e. The molecule has 1 aliphatic rings. The summed E-state index contributed by atoms with van der Waals surface area (Å²) in [5.74, 6) is 0.0476. The molecule has 2 heterocycles. The Labute approximate surface area is 125 Å². The van der Waals surface area contributed by atoms with Crippen LogP contribution in [0.1, 0.15) is 39.2 Å². The fourth-order valence-electron chi connectivity index (χ4n) is 2.74. The zero-order chi connectivity index (χ0) is 15.6. The van der Waals surface area contributed by atoms with Gasteiger partial charge < -0.3 is 10.2 Å². The molecule has 2 unspecified atom stereocenters. The van der Waals surface area contributed by atoms with Crippen LogP contribution in [0.4, 0.5) is 0 Å². The van der Waals surface area contributed by atoms with E-state index in [1.165, 1.54) is 0 Å². The molecule has 1 aromatic rings. The first-order chi connectivity index (χ1) is 9.93. The number of carbonyl (C=O) groups is 2. The van der Waals surface area contributed by atoms with Crippen LogP contribution in [0.3, 0.4) is 0 Å². The Morgan fingerprint density at radius 1 is 1.38 bits per heavy atom. The van der Waals surface area contributed by atoms with E-state index in [1.54, 1.807) is 15.8 Å². The predicted octanol–water partition coefficient (Wildman–Crippen LogP) is 1.07. The van der Waals surface area contributed by atoms with Crippen LogP contribution in [0, 0.1) is 5.92 Å². The average molecular weight is 292 g/mol. The maximum atomic E-state index is 12.7. The van der Waals surface area contributed by atoms with Crippen LogP contribution < -0.4 is 5.32 Å². The number of hydrogen-bond acceptors (Lipinski definition) is 3. The predicted molar refractivity (Wildman–Crippen MR) is 79.2 cm³/mol. The van der Waals surface area contributed by atoms with E-state index >= 15 is 0 Å². The highest BCUT2D eigenvalue weighted by atomic mass is 16.2. The van der Waals surface area contributed by atoms with E-state index in [-0.39, 0.29) is 23.8 Å². The van der Waals surface area contributed by atoms with Crippen LogP contribution in [0.2, 0.25) is 0 Å². The molecule has 0 saturated carbocycles. The van der Waals surface area contributed by atoms with Crippen LogP contribution in [-0.4, -0.2) is 38.6 Å². The van der Waals surface area contributed by atoms with Gasteiger partial charge in [-0.05, 0) is 12.3 Å². The zero-order valence-electron chi connectivity index (χ0n) is 13.2. The minimum absolute atomic E-state index is 0.00639. The fourth-order valence-corrected chi connectivity index (χ4v) is 2.74. The molecule has 0 aliphatic carbocycles. The quantitative estimate of drug-likeness (QED) is 0.883. The number of amides is 2. The second kappa shape index (κ2) is 6.28. The normalized spacial score (nSPS) is 22.8. The second-order valence-corrected chi connectivity index (χ2v) is 6.02. The van der Waals surface area contributed by atoms with E-state index in [4.69, 9.17) is 0 Å². The first-order valence-corrected chi connectivity index (χ1v) is 7.52. The molecule has 1 aliphatic heterocycles. The Bertz CT molecular complexity index is 523. The topological polar surface area (TPSA) is 67.2 Å². The summed E-state index contributed by atoms with van der Waals surface area (Å²) in [4.78, 5) is 26.7. The monoisotopic (exact) mass is 292 g/mol. The van der Waals surface area contributed by atoms with Crippen molar-refractivity contribution in [3.05, 3.63) is 18.0 Å². The third-order valence-corrected chi connectivity index (χ3v) is 3.87. The van der Waals surface area contributed by atoms with Crippen LogP contribution in [0.15, 0.2) is 12.4 Å². The molecule has 1 N–H and O–H groups in total. The highest BCUT2D eigenvalue weighted by Crippen LogP contribution is 2.21. The van der Waals surface area contributed by atoms with Gasteiger partial charge in [-0.2, -0.15) is 5.10 Å². The van der Waals surface area contributed by atoms with E-state index in [0.717, 1.165) is 12.0 Å². The Morgan fingerprint density at radius 2 is 2.10 bits per heavy atom. The number of nitrogens with zero attached hydrogens (tertiary/aromatic N) is 3. The Hall–Kier alpha value is -1.85. The number of hydrogen-bond donors (Lipinski definition) is 1. The highest BCUT2D eigenvalue weighted by molar-refractivity contribution is 5.97. The van der Waals surface area contributed by atoms with Crippen molar-refractivity contribution in [2.75, 3.05) is 0 Å². The van der Waals surface area contributed by atoms with Gasteiger partial charge in [0.25, 0.3) is 0 Å². The number of aryl methyl sites for hydroxylation is 1. The van der Waals surface area contributed by atoms with Crippen molar-refractivity contribution in [2.45, 2.75) is 52.2 Å². The van der Waals surface area contributed by atoms with Gasteiger partial charge >= 0.3 is 0 Å². The summed E-state index contributed by atoms with van der Waals surface area (Å²) in [6.45, 7) is 6.36. The number of aromatic nitrogens is 2. The Balaban J connectivity index is 2.25. The number of rotatable bonds is 5. The lowest BCUT2D eigenvalue weighted by atomic mass is 9.96. The van der Waals surface area contributed by atoms with E-state index in [0.29, 0.717) is 13.0 Å². The van der Waals surface area contributed by atoms with E-state index in [1.807, 2.05) is 34.0 Å². The lowest BCUT2D eigenvalue weighted by molar-refractivity contribution is -0.151. The molecule has 0 aromatic carbocycles. The summed E-state index contributed by atoms with van der Waals surface area (Å²) in [5.41, 5.74) is 0.948. The van der Waals surface area contributed by atoms with Crippen molar-refractivity contribution in [3.8, 4) is 0 Å². The molecular weight excluding hydrogens is 268 g/mol. The third-order valence-electron chi connectivity index (χ3n) is 3.87. The van der Waals surface area contributed by atoms with Gasteiger partial charge in [-0.25, -0.2) is 0 Å². The molecule has 116 valence electrons. The van der Waals surface area contributed by atoms with Gasteiger partial charge in [-0.1, -0.05) is 27.2 Å². The van der Waals surface area contributed by atoms with Crippen molar-refractivity contribution >= 4 is 11.8 Å². The minimum atomic E-state index is -0.428. The summed E-state index contributed by atoms with van der Waals surface area (Å²) >= 11 is 0. The van der Waals surface area contributed by atoms with Gasteiger partial charge in [0.1, 0.15) is 12.1 Å². The van der Waals surface area contributed by atoms with Crippen molar-refractivity contribution in [1.29, 1.82) is 0 Å². The minimum Gasteiger partial charge on any atom is -0.342 e. The summed E-state index contributed by atoms with van der Waals surface area (Å²) in [6, 6.07) is -0.806. The average Bonchev–Trinajstić information content (AvgIpc) is 2.83. The summed E-state index contributed by atoms with van der Waals surface area (Å²) < 4.78 is 1.71. The molecule has 2 atom stereocenters. The number of nitrogens with one attached hydrogen (secondary N) is 1. The van der Waals surface area contributed by atoms with Crippen molar-refractivity contribution in [3.63, 3.8) is 0 Å². The molecule has 6 nitrogen and oxygen atoms in total. The van der Waals surface area contributed by atoms with Crippen molar-refractivity contribution in [1.82, 2.24) is 20.0 Å². The van der Waals surface area contributed by atoms with E-state index in [2.05, 4.69) is 10.4 Å². The number of carbonyl (C=O) groups excluding carboxylic acids is 2. The highest BCUT2D eigenvalue weighted by Gasteiger charge is 2.41. The molecule has 2 amide bonds. The molecule has 6 heteroatoms. The molecule has 1 fully saturated rings. The fraction of sp³-hybridized carbons (Fsp3) is 0.667. The standard InChI is InChI=1S/C15H24N4O2/c1-5-6-12-14(20)17-13(10(2)3)15(21)19(12)9-11-7-16-18(4)8-11/h7-8,10,12-13H,5-6,9H2,1-4H3,(H,17,20). The molecule has 0 radical (unpaired) electrons. The summed E-state index contributed by atoms with van der Waals surface area (Å²) in [7, 11) is 1.84. The maximum Gasteiger partial charge on any atom is 0.246 e. The molecule has 21 heavy (non-hydrogen) atoms. The molecule has 0 spiro atoms. The summed E-state index contributed by atoms with van der Waals surface area (Å²) in [6.07, 6.45) is 5.17. The molecule has 2 rings (SSSR count). The molecular formula is C15H24N4O2. The first-order valence-electron chi connectivity index (χ1n) is 7.52. The molecule has 0 bridgehead atoms. The zero-order valence-corrected chi connectivity index (χ0v) is 13.2. The molecule has 1 saturated heterocycles. The smallest absolute Gasteiger partial charge is 0.246 e. The van der Waals surface area contributed by atoms with Gasteiger partial charge in [0.2, 0.25) is 11.8 Å². The third kappa shape index (κ3) is 3.25. The van der Waals surface area contributed by atoms with Crippen LogP contribution in [0.5, 0.6) is 0 Å². The lowest BCUT2D eigenvalue weighted by Crippen LogP contribution is -2.64. The summed E-state index contributed by atoms with van der Waals surface area (Å²) in [5, 5.41) is 7.00. The van der Waals surface area contributed by atoms with E-state index in [9.17, 15) is 9.59 Å². The van der Waals surface area contributed by atoms with Gasteiger partial charge in [0.05, 0.1) is 6.20 Å². The first kappa shape index (κ1) is 15.5. The lowest BCUT2D eigenvalue weighted by Gasteiger charge is -2.40. The second-order valence-electron chi connectivity index (χ2n) is 6.02. The SMILES string of the molecule is CCCC1C(=O)NC(C(C)C)C(=O)N1Cc1cnn(C)c1. The van der Waals surface area contributed by atoms with Crippen LogP contribution >= 0.6 is 0 Å². The Morgan fingerprint density at radius 3 is 2.62 bits per heavy atom. The number of piperazine rings is 1. The van der Waals surface area contributed by atoms with Crippen molar-refractivity contribution < 1.29 is 9.59 Å². The molecule has 1 aromatic heterocycles. The van der Waals surface area contributed by atoms with Crippen molar-refractivity contribution in [2.24, 2.45) is 13.0 Å².